The zero-order valence-corrected chi connectivity index (χ0v) is 13.9. The predicted molar refractivity (Wildman–Crippen MR) is 85.2 cm³/mol. The van der Waals surface area contributed by atoms with Gasteiger partial charge in [-0.05, 0) is 38.6 Å². The molecule has 3 amide bonds. The molecular formula is C17H29N3O2. The van der Waals surface area contributed by atoms with Gasteiger partial charge in [-0.25, -0.2) is 9.69 Å². The van der Waals surface area contributed by atoms with E-state index in [1.807, 2.05) is 7.05 Å². The molecule has 0 aromatic rings. The fraction of sp³-hybridized carbons (Fsp3) is 0.882. The first kappa shape index (κ1) is 15.8. The fourth-order valence-corrected chi connectivity index (χ4v) is 4.48. The van der Waals surface area contributed by atoms with Crippen LogP contribution < -0.4 is 5.32 Å². The quantitative estimate of drug-likeness (QED) is 0.816. The van der Waals surface area contributed by atoms with Crippen molar-refractivity contribution in [2.75, 3.05) is 13.7 Å². The Morgan fingerprint density at radius 2 is 1.82 bits per heavy atom. The standard InChI is InChI=1S/C17H29N3O2/c1-13-8-6-7-11-17(13)15(21)20(16(22)18-17)12-19(2)14-9-4-3-5-10-14/h13-14H,3-12H2,1-2H3,(H,18,22)/t13-,17+/m0/s1. The van der Waals surface area contributed by atoms with E-state index in [2.05, 4.69) is 17.1 Å². The van der Waals surface area contributed by atoms with Crippen LogP contribution in [0, 0.1) is 5.92 Å². The number of nitrogens with zero attached hydrogens (tertiary/aromatic N) is 2. The number of hydrogen-bond acceptors (Lipinski definition) is 3. The first-order chi connectivity index (χ1) is 10.5. The van der Waals surface area contributed by atoms with E-state index in [0.29, 0.717) is 12.7 Å². The summed E-state index contributed by atoms with van der Waals surface area (Å²) in [5.74, 6) is 0.245. The SMILES string of the molecule is C[C@H]1CCCC[C@@]12NC(=O)N(CN(C)C1CCCCC1)C2=O. The highest BCUT2D eigenvalue weighted by Crippen LogP contribution is 2.38. The molecule has 1 N–H and O–H groups in total. The van der Waals surface area contributed by atoms with Gasteiger partial charge in [0.05, 0.1) is 6.67 Å². The largest absolute Gasteiger partial charge is 0.326 e. The van der Waals surface area contributed by atoms with Crippen molar-refractivity contribution in [3.63, 3.8) is 0 Å². The van der Waals surface area contributed by atoms with Crippen LogP contribution in [0.3, 0.4) is 0 Å². The molecule has 22 heavy (non-hydrogen) atoms. The number of carbonyl (C=O) groups is 2. The van der Waals surface area contributed by atoms with Crippen molar-refractivity contribution in [2.45, 2.75) is 76.3 Å². The van der Waals surface area contributed by atoms with Crippen LogP contribution in [-0.4, -0.2) is 47.0 Å². The molecule has 0 aromatic carbocycles. The maximum Gasteiger partial charge on any atom is 0.326 e. The number of carbonyl (C=O) groups excluding carboxylic acids is 2. The molecule has 0 aromatic heterocycles. The van der Waals surface area contributed by atoms with Crippen LogP contribution >= 0.6 is 0 Å². The summed E-state index contributed by atoms with van der Waals surface area (Å²) in [6.45, 7) is 2.54. The molecule has 0 unspecified atom stereocenters. The van der Waals surface area contributed by atoms with Crippen molar-refractivity contribution < 1.29 is 9.59 Å². The second-order valence-electron chi connectivity index (χ2n) is 7.47. The molecule has 0 radical (unpaired) electrons. The summed E-state index contributed by atoms with van der Waals surface area (Å²) in [4.78, 5) is 29.0. The fourth-order valence-electron chi connectivity index (χ4n) is 4.48. The summed E-state index contributed by atoms with van der Waals surface area (Å²) in [5.41, 5.74) is -0.622. The first-order valence-corrected chi connectivity index (χ1v) is 8.89. The summed E-state index contributed by atoms with van der Waals surface area (Å²) in [7, 11) is 2.05. The van der Waals surface area contributed by atoms with Gasteiger partial charge in [-0.1, -0.05) is 39.0 Å². The number of nitrogens with one attached hydrogen (secondary N) is 1. The lowest BCUT2D eigenvalue weighted by atomic mass is 9.73. The highest BCUT2D eigenvalue weighted by molar-refractivity contribution is 6.07. The lowest BCUT2D eigenvalue weighted by molar-refractivity contribution is -0.135. The van der Waals surface area contributed by atoms with Crippen molar-refractivity contribution in [3.05, 3.63) is 0 Å². The monoisotopic (exact) mass is 307 g/mol. The molecule has 3 rings (SSSR count). The molecule has 3 fully saturated rings. The third-order valence-electron chi connectivity index (χ3n) is 6.06. The summed E-state index contributed by atoms with van der Waals surface area (Å²) >= 11 is 0. The maximum absolute atomic E-state index is 12.9. The van der Waals surface area contributed by atoms with Gasteiger partial charge in [0.25, 0.3) is 5.91 Å². The van der Waals surface area contributed by atoms with Crippen LogP contribution in [0.4, 0.5) is 4.79 Å². The molecule has 2 aliphatic carbocycles. The smallest absolute Gasteiger partial charge is 0.323 e. The minimum absolute atomic E-state index is 0.00681. The molecule has 1 spiro atoms. The van der Waals surface area contributed by atoms with Gasteiger partial charge in [0.2, 0.25) is 0 Å². The Hall–Kier alpha value is -1.10. The molecule has 1 aliphatic heterocycles. The first-order valence-electron chi connectivity index (χ1n) is 8.89. The molecule has 124 valence electrons. The Kier molecular flexibility index (Phi) is 4.44. The second kappa shape index (κ2) is 6.19. The van der Waals surface area contributed by atoms with Crippen LogP contribution in [0.25, 0.3) is 0 Å². The number of hydrogen-bond donors (Lipinski definition) is 1. The van der Waals surface area contributed by atoms with Gasteiger partial charge in [0.15, 0.2) is 0 Å². The van der Waals surface area contributed by atoms with E-state index in [9.17, 15) is 9.59 Å². The van der Waals surface area contributed by atoms with E-state index in [0.717, 1.165) is 25.7 Å². The Morgan fingerprint density at radius 1 is 1.14 bits per heavy atom. The van der Waals surface area contributed by atoms with E-state index < -0.39 is 5.54 Å². The van der Waals surface area contributed by atoms with Crippen molar-refractivity contribution >= 4 is 11.9 Å². The van der Waals surface area contributed by atoms with Gasteiger partial charge in [0, 0.05) is 6.04 Å². The van der Waals surface area contributed by atoms with Gasteiger partial charge in [-0.2, -0.15) is 0 Å². The summed E-state index contributed by atoms with van der Waals surface area (Å²) in [6.07, 6.45) is 10.2. The highest BCUT2D eigenvalue weighted by atomic mass is 16.2. The van der Waals surface area contributed by atoms with Crippen LogP contribution in [-0.2, 0) is 4.79 Å². The Bertz CT molecular complexity index is 447. The Morgan fingerprint density at radius 3 is 2.50 bits per heavy atom. The van der Waals surface area contributed by atoms with Gasteiger partial charge in [-0.15, -0.1) is 0 Å². The topological polar surface area (TPSA) is 52.7 Å². The molecule has 2 atom stereocenters. The van der Waals surface area contributed by atoms with E-state index in [1.165, 1.54) is 37.0 Å². The van der Waals surface area contributed by atoms with Crippen LogP contribution in [0.1, 0.15) is 64.7 Å². The molecule has 2 saturated carbocycles. The predicted octanol–water partition coefficient (Wildman–Crippen LogP) is 2.71. The lowest BCUT2D eigenvalue weighted by Gasteiger charge is -2.37. The van der Waals surface area contributed by atoms with Crippen LogP contribution in [0.5, 0.6) is 0 Å². The average molecular weight is 307 g/mol. The molecule has 5 nitrogen and oxygen atoms in total. The van der Waals surface area contributed by atoms with Crippen molar-refractivity contribution in [2.24, 2.45) is 5.92 Å². The van der Waals surface area contributed by atoms with Gasteiger partial charge < -0.3 is 5.32 Å². The zero-order chi connectivity index (χ0) is 15.7. The van der Waals surface area contributed by atoms with Gasteiger partial charge in [-0.3, -0.25) is 9.69 Å². The number of imide groups is 1. The summed E-state index contributed by atoms with van der Waals surface area (Å²) < 4.78 is 0. The van der Waals surface area contributed by atoms with Crippen molar-refractivity contribution in [1.82, 2.24) is 15.1 Å². The number of urea groups is 1. The van der Waals surface area contributed by atoms with Crippen LogP contribution in [0.15, 0.2) is 0 Å². The van der Waals surface area contributed by atoms with Crippen LogP contribution in [0.2, 0.25) is 0 Å². The zero-order valence-electron chi connectivity index (χ0n) is 13.9. The van der Waals surface area contributed by atoms with E-state index >= 15 is 0 Å². The molecule has 3 aliphatic rings. The van der Waals surface area contributed by atoms with E-state index in [1.54, 1.807) is 0 Å². The lowest BCUT2D eigenvalue weighted by Crippen LogP contribution is -2.54. The average Bonchev–Trinajstić information content (AvgIpc) is 2.76. The Balaban J connectivity index is 1.69. The third-order valence-corrected chi connectivity index (χ3v) is 6.06. The summed E-state index contributed by atoms with van der Waals surface area (Å²) in [5, 5.41) is 3.04. The maximum atomic E-state index is 12.9. The minimum atomic E-state index is -0.622. The normalized spacial score (nSPS) is 33.8. The van der Waals surface area contributed by atoms with E-state index in [-0.39, 0.29) is 17.9 Å². The number of rotatable bonds is 3. The van der Waals surface area contributed by atoms with E-state index in [4.69, 9.17) is 0 Å². The number of amides is 3. The molecule has 5 heteroatoms. The second-order valence-corrected chi connectivity index (χ2v) is 7.47. The minimum Gasteiger partial charge on any atom is -0.323 e. The summed E-state index contributed by atoms with van der Waals surface area (Å²) in [6, 6.07) is 0.316. The van der Waals surface area contributed by atoms with Crippen molar-refractivity contribution in [3.8, 4) is 0 Å². The molecular weight excluding hydrogens is 278 g/mol. The highest BCUT2D eigenvalue weighted by Gasteiger charge is 2.55. The molecule has 1 heterocycles. The van der Waals surface area contributed by atoms with Gasteiger partial charge >= 0.3 is 6.03 Å². The molecule has 0 bridgehead atoms. The Labute approximate surface area is 133 Å². The third kappa shape index (κ3) is 2.64. The van der Waals surface area contributed by atoms with Crippen molar-refractivity contribution in [1.29, 1.82) is 0 Å². The molecule has 1 saturated heterocycles. The van der Waals surface area contributed by atoms with Gasteiger partial charge in [0.1, 0.15) is 5.54 Å².